The fraction of sp³-hybridized carbons (Fsp3) is 0.583. The first-order valence-electron chi connectivity index (χ1n) is 5.80. The minimum absolute atomic E-state index is 0.0973. The van der Waals surface area contributed by atoms with Crippen molar-refractivity contribution in [1.82, 2.24) is 10.2 Å². The molecule has 2 heterocycles. The molecular weight excluding hydrogens is 236 g/mol. The Kier molecular flexibility index (Phi) is 4.12. The number of nitrogens with zero attached hydrogens (tertiary/aromatic N) is 1. The quantitative estimate of drug-likeness (QED) is 0.888. The van der Waals surface area contributed by atoms with Crippen LogP contribution in [0.4, 0.5) is 0 Å². The number of nitrogens with one attached hydrogen (secondary N) is 1. The molecule has 0 atom stereocenters. The van der Waals surface area contributed by atoms with Gasteiger partial charge in [-0.25, -0.2) is 0 Å². The average Bonchev–Trinajstić information content (AvgIpc) is 2.71. The lowest BCUT2D eigenvalue weighted by Gasteiger charge is -2.27. The minimum Gasteiger partial charge on any atom is -0.465 e. The highest BCUT2D eigenvalue weighted by Crippen LogP contribution is 2.20. The Morgan fingerprint density at radius 3 is 2.88 bits per heavy atom. The molecule has 17 heavy (non-hydrogen) atoms. The zero-order chi connectivity index (χ0) is 12.3. The molecule has 0 saturated carbocycles. The standard InChI is InChI=1S/C12H18N2O2S/c1-9-11(7-10(16-9)8-17-2)12(15)14-5-3-13-4-6-14/h7,13H,3-6,8H2,1-2H3. The van der Waals surface area contributed by atoms with Gasteiger partial charge in [0.25, 0.3) is 5.91 Å². The zero-order valence-electron chi connectivity index (χ0n) is 10.3. The topological polar surface area (TPSA) is 45.5 Å². The number of piperazine rings is 1. The van der Waals surface area contributed by atoms with Gasteiger partial charge < -0.3 is 14.6 Å². The maximum atomic E-state index is 12.3. The molecule has 0 unspecified atom stereocenters. The Labute approximate surface area is 106 Å². The van der Waals surface area contributed by atoms with E-state index in [9.17, 15) is 4.79 Å². The molecular formula is C12H18N2O2S. The van der Waals surface area contributed by atoms with Gasteiger partial charge in [-0.05, 0) is 19.2 Å². The summed E-state index contributed by atoms with van der Waals surface area (Å²) < 4.78 is 5.58. The predicted molar refractivity (Wildman–Crippen MR) is 69.4 cm³/mol. The van der Waals surface area contributed by atoms with Crippen molar-refractivity contribution in [2.45, 2.75) is 12.7 Å². The molecule has 0 aliphatic carbocycles. The van der Waals surface area contributed by atoms with Gasteiger partial charge in [-0.3, -0.25) is 4.79 Å². The van der Waals surface area contributed by atoms with Gasteiger partial charge in [-0.15, -0.1) is 0 Å². The molecule has 1 aromatic rings. The Hall–Kier alpha value is -0.940. The van der Waals surface area contributed by atoms with Gasteiger partial charge in [0.1, 0.15) is 11.5 Å². The van der Waals surface area contributed by atoms with Crippen LogP contribution >= 0.6 is 11.8 Å². The van der Waals surface area contributed by atoms with E-state index in [0.29, 0.717) is 0 Å². The highest BCUT2D eigenvalue weighted by atomic mass is 32.2. The van der Waals surface area contributed by atoms with Crippen LogP contribution in [0, 0.1) is 6.92 Å². The molecule has 0 aromatic carbocycles. The lowest BCUT2D eigenvalue weighted by atomic mass is 10.2. The fourth-order valence-electron chi connectivity index (χ4n) is 2.01. The summed E-state index contributed by atoms with van der Waals surface area (Å²) in [6.45, 7) is 5.17. The molecule has 0 spiro atoms. The maximum absolute atomic E-state index is 12.3. The van der Waals surface area contributed by atoms with E-state index in [2.05, 4.69) is 5.32 Å². The fourth-order valence-corrected chi connectivity index (χ4v) is 2.43. The summed E-state index contributed by atoms with van der Waals surface area (Å²) in [6, 6.07) is 1.89. The summed E-state index contributed by atoms with van der Waals surface area (Å²) in [4.78, 5) is 14.2. The lowest BCUT2D eigenvalue weighted by molar-refractivity contribution is 0.0734. The normalized spacial score (nSPS) is 16.2. The number of amides is 1. The number of furan rings is 1. The third-order valence-corrected chi connectivity index (χ3v) is 3.46. The summed E-state index contributed by atoms with van der Waals surface area (Å²) in [6.07, 6.45) is 2.02. The summed E-state index contributed by atoms with van der Waals surface area (Å²) in [5.41, 5.74) is 0.718. The van der Waals surface area contributed by atoms with Gasteiger partial charge in [0.2, 0.25) is 0 Å². The van der Waals surface area contributed by atoms with Crippen molar-refractivity contribution in [3.63, 3.8) is 0 Å². The van der Waals surface area contributed by atoms with Crippen LogP contribution in [0.15, 0.2) is 10.5 Å². The molecule has 1 aliphatic rings. The van der Waals surface area contributed by atoms with Crippen LogP contribution in [0.1, 0.15) is 21.9 Å². The van der Waals surface area contributed by atoms with Crippen LogP contribution < -0.4 is 5.32 Å². The first kappa shape index (κ1) is 12.5. The van der Waals surface area contributed by atoms with E-state index in [1.807, 2.05) is 24.1 Å². The van der Waals surface area contributed by atoms with E-state index < -0.39 is 0 Å². The number of rotatable bonds is 3. The second-order valence-corrected chi connectivity index (χ2v) is 5.02. The number of aryl methyl sites for hydroxylation is 1. The molecule has 1 aromatic heterocycles. The summed E-state index contributed by atoms with van der Waals surface area (Å²) in [5, 5.41) is 3.24. The molecule has 2 rings (SSSR count). The lowest BCUT2D eigenvalue weighted by Crippen LogP contribution is -2.46. The van der Waals surface area contributed by atoms with E-state index in [1.54, 1.807) is 11.8 Å². The van der Waals surface area contributed by atoms with Crippen LogP contribution in [-0.4, -0.2) is 43.2 Å². The Morgan fingerprint density at radius 2 is 2.24 bits per heavy atom. The molecule has 1 saturated heterocycles. The van der Waals surface area contributed by atoms with Crippen LogP contribution in [0.5, 0.6) is 0 Å². The molecule has 1 N–H and O–H groups in total. The van der Waals surface area contributed by atoms with Gasteiger partial charge in [0, 0.05) is 26.2 Å². The second-order valence-electron chi connectivity index (χ2n) is 4.16. The molecule has 1 fully saturated rings. The largest absolute Gasteiger partial charge is 0.465 e. The first-order chi connectivity index (χ1) is 8.22. The summed E-state index contributed by atoms with van der Waals surface area (Å²) in [5.74, 6) is 2.53. The van der Waals surface area contributed by atoms with Gasteiger partial charge in [-0.1, -0.05) is 0 Å². The van der Waals surface area contributed by atoms with Gasteiger partial charge in [0.05, 0.1) is 11.3 Å². The van der Waals surface area contributed by atoms with Crippen LogP contribution in [0.3, 0.4) is 0 Å². The molecule has 0 radical (unpaired) electrons. The van der Waals surface area contributed by atoms with E-state index in [4.69, 9.17) is 4.42 Å². The Balaban J connectivity index is 2.12. The predicted octanol–water partition coefficient (Wildman–Crippen LogP) is 1.50. The number of hydrogen-bond acceptors (Lipinski definition) is 4. The van der Waals surface area contributed by atoms with Crippen molar-refractivity contribution in [1.29, 1.82) is 0 Å². The highest BCUT2D eigenvalue weighted by molar-refractivity contribution is 7.97. The van der Waals surface area contributed by atoms with Gasteiger partial charge >= 0.3 is 0 Å². The smallest absolute Gasteiger partial charge is 0.257 e. The monoisotopic (exact) mass is 254 g/mol. The summed E-state index contributed by atoms with van der Waals surface area (Å²) in [7, 11) is 0. The van der Waals surface area contributed by atoms with Crippen molar-refractivity contribution < 1.29 is 9.21 Å². The molecule has 1 aliphatic heterocycles. The summed E-state index contributed by atoms with van der Waals surface area (Å²) >= 11 is 1.70. The SMILES string of the molecule is CSCc1cc(C(=O)N2CCNCC2)c(C)o1. The number of carbonyl (C=O) groups excluding carboxylic acids is 1. The van der Waals surface area contributed by atoms with E-state index in [0.717, 1.165) is 49.0 Å². The van der Waals surface area contributed by atoms with Gasteiger partial charge in [0.15, 0.2) is 0 Å². The van der Waals surface area contributed by atoms with Crippen molar-refractivity contribution in [2.75, 3.05) is 32.4 Å². The zero-order valence-corrected chi connectivity index (χ0v) is 11.1. The van der Waals surface area contributed by atoms with E-state index >= 15 is 0 Å². The van der Waals surface area contributed by atoms with Crippen LogP contribution in [-0.2, 0) is 5.75 Å². The first-order valence-corrected chi connectivity index (χ1v) is 7.20. The Bertz CT molecular complexity index is 397. The van der Waals surface area contributed by atoms with Crippen LogP contribution in [0.2, 0.25) is 0 Å². The maximum Gasteiger partial charge on any atom is 0.257 e. The minimum atomic E-state index is 0.0973. The highest BCUT2D eigenvalue weighted by Gasteiger charge is 2.22. The van der Waals surface area contributed by atoms with E-state index in [1.165, 1.54) is 0 Å². The molecule has 94 valence electrons. The second kappa shape index (κ2) is 5.60. The van der Waals surface area contributed by atoms with Gasteiger partial charge in [-0.2, -0.15) is 11.8 Å². The third-order valence-electron chi connectivity index (χ3n) is 2.89. The number of thioether (sulfide) groups is 1. The molecule has 0 bridgehead atoms. The van der Waals surface area contributed by atoms with Crippen molar-refractivity contribution in [3.05, 3.63) is 23.2 Å². The van der Waals surface area contributed by atoms with Crippen LogP contribution in [0.25, 0.3) is 0 Å². The van der Waals surface area contributed by atoms with E-state index in [-0.39, 0.29) is 5.91 Å². The Morgan fingerprint density at radius 1 is 1.53 bits per heavy atom. The van der Waals surface area contributed by atoms with Crippen molar-refractivity contribution in [2.24, 2.45) is 0 Å². The molecule has 1 amide bonds. The number of hydrogen-bond donors (Lipinski definition) is 1. The molecule has 5 heteroatoms. The number of carbonyl (C=O) groups is 1. The van der Waals surface area contributed by atoms with Crippen molar-refractivity contribution in [3.8, 4) is 0 Å². The van der Waals surface area contributed by atoms with Crippen molar-refractivity contribution >= 4 is 17.7 Å². The third kappa shape index (κ3) is 2.84. The average molecular weight is 254 g/mol. The molecule has 4 nitrogen and oxygen atoms in total.